The molecule has 0 saturated carbocycles. The van der Waals surface area contributed by atoms with Gasteiger partial charge in [-0.05, 0) is 18.9 Å². The summed E-state index contributed by atoms with van der Waals surface area (Å²) in [7, 11) is -1.95. The summed E-state index contributed by atoms with van der Waals surface area (Å²) >= 11 is 0. The number of hydrogen-bond acceptors (Lipinski definition) is 5. The number of methoxy groups -OCH3 is 1. The third kappa shape index (κ3) is 2.53. The Bertz CT molecular complexity index is 561. The lowest BCUT2D eigenvalue weighted by molar-refractivity contribution is 0.190. The maximum Gasteiger partial charge on any atom is 0.244 e. The summed E-state index contributed by atoms with van der Waals surface area (Å²) in [5, 5.41) is 3.48. The van der Waals surface area contributed by atoms with Crippen molar-refractivity contribution in [2.45, 2.75) is 36.2 Å². The fraction of sp³-hybridized carbons (Fsp3) is 0.615. The number of ether oxygens (including phenoxy) is 1. The van der Waals surface area contributed by atoms with E-state index in [2.05, 4.69) is 10.3 Å². The second kappa shape index (κ2) is 5.31. The van der Waals surface area contributed by atoms with Gasteiger partial charge in [-0.25, -0.2) is 13.4 Å². The van der Waals surface area contributed by atoms with Crippen LogP contribution in [0.25, 0.3) is 0 Å². The molecule has 1 aromatic heterocycles. The Hall–Kier alpha value is -1.18. The van der Waals surface area contributed by atoms with Crippen LogP contribution in [0.5, 0.6) is 5.88 Å². The first-order valence-corrected chi connectivity index (χ1v) is 8.30. The van der Waals surface area contributed by atoms with Gasteiger partial charge >= 0.3 is 0 Å². The molecule has 0 spiro atoms. The van der Waals surface area contributed by atoms with Crippen molar-refractivity contribution in [1.29, 1.82) is 0 Å². The van der Waals surface area contributed by atoms with Crippen molar-refractivity contribution in [3.63, 3.8) is 0 Å². The van der Waals surface area contributed by atoms with Crippen LogP contribution in [0.1, 0.15) is 19.3 Å². The molecule has 0 amide bonds. The molecule has 2 aliphatic heterocycles. The number of pyridine rings is 1. The number of sulfonamides is 1. The monoisotopic (exact) mass is 297 g/mol. The molecule has 3 heterocycles. The van der Waals surface area contributed by atoms with Crippen LogP contribution in [0.3, 0.4) is 0 Å². The van der Waals surface area contributed by atoms with E-state index in [9.17, 15) is 8.42 Å². The lowest BCUT2D eigenvalue weighted by Gasteiger charge is -2.41. The topological polar surface area (TPSA) is 71.5 Å². The maximum absolute atomic E-state index is 12.6. The van der Waals surface area contributed by atoms with Crippen LogP contribution < -0.4 is 10.1 Å². The van der Waals surface area contributed by atoms with Crippen molar-refractivity contribution < 1.29 is 13.2 Å². The number of piperazine rings is 1. The van der Waals surface area contributed by atoms with Gasteiger partial charge in [-0.15, -0.1) is 0 Å². The average Bonchev–Trinajstić information content (AvgIpc) is 2.47. The minimum Gasteiger partial charge on any atom is -0.481 e. The number of piperidine rings is 1. The largest absolute Gasteiger partial charge is 0.481 e. The quantitative estimate of drug-likeness (QED) is 0.885. The molecule has 2 bridgehead atoms. The fourth-order valence-electron chi connectivity index (χ4n) is 2.95. The molecule has 7 heteroatoms. The highest BCUT2D eigenvalue weighted by Gasteiger charge is 2.36. The molecule has 6 nitrogen and oxygen atoms in total. The van der Waals surface area contributed by atoms with Crippen LogP contribution in [0.4, 0.5) is 0 Å². The number of nitrogens with one attached hydrogen (secondary N) is 1. The van der Waals surface area contributed by atoms with Crippen LogP contribution in [0.2, 0.25) is 0 Å². The first kappa shape index (κ1) is 13.8. The highest BCUT2D eigenvalue weighted by atomic mass is 32.2. The average molecular weight is 297 g/mol. The van der Waals surface area contributed by atoms with E-state index in [0.29, 0.717) is 19.0 Å². The highest BCUT2D eigenvalue weighted by molar-refractivity contribution is 7.89. The molecule has 2 saturated heterocycles. The molecule has 2 aliphatic rings. The number of hydrogen-bond donors (Lipinski definition) is 1. The maximum atomic E-state index is 12.6. The van der Waals surface area contributed by atoms with Crippen LogP contribution in [0, 0.1) is 0 Å². The summed E-state index contributed by atoms with van der Waals surface area (Å²) in [5.74, 6) is 0.418. The molecule has 110 valence electrons. The van der Waals surface area contributed by atoms with Gasteiger partial charge in [-0.3, -0.25) is 0 Å². The van der Waals surface area contributed by atoms with Crippen molar-refractivity contribution in [2.75, 3.05) is 20.2 Å². The molecule has 0 radical (unpaired) electrons. The molecule has 0 aromatic carbocycles. The van der Waals surface area contributed by atoms with Crippen LogP contribution in [-0.2, 0) is 10.0 Å². The molecule has 0 aliphatic carbocycles. The van der Waals surface area contributed by atoms with E-state index in [4.69, 9.17) is 4.74 Å². The fourth-order valence-corrected chi connectivity index (χ4v) is 4.43. The Kier molecular flexibility index (Phi) is 3.66. The van der Waals surface area contributed by atoms with Crippen molar-refractivity contribution in [3.05, 3.63) is 18.3 Å². The Morgan fingerprint density at radius 2 is 2.00 bits per heavy atom. The summed E-state index contributed by atoms with van der Waals surface area (Å²) in [5.41, 5.74) is 0. The summed E-state index contributed by atoms with van der Waals surface area (Å²) in [6.07, 6.45) is 4.64. The van der Waals surface area contributed by atoms with E-state index < -0.39 is 10.0 Å². The Balaban J connectivity index is 1.83. The van der Waals surface area contributed by atoms with E-state index >= 15 is 0 Å². The van der Waals surface area contributed by atoms with Crippen molar-refractivity contribution >= 4 is 10.0 Å². The lowest BCUT2D eigenvalue weighted by Crippen LogP contribution is -2.59. The van der Waals surface area contributed by atoms with Gasteiger partial charge in [0.15, 0.2) is 0 Å². The zero-order valence-corrected chi connectivity index (χ0v) is 12.3. The van der Waals surface area contributed by atoms with E-state index in [-0.39, 0.29) is 17.0 Å². The van der Waals surface area contributed by atoms with E-state index in [1.54, 1.807) is 16.4 Å². The number of rotatable bonds is 3. The second-order valence-electron chi connectivity index (χ2n) is 5.35. The van der Waals surface area contributed by atoms with Gasteiger partial charge in [0.25, 0.3) is 0 Å². The molecule has 2 fully saturated rings. The minimum absolute atomic E-state index is 0.235. The summed E-state index contributed by atoms with van der Waals surface area (Å²) in [6.45, 7) is 1.09. The zero-order chi connectivity index (χ0) is 14.2. The number of nitrogens with zero attached hydrogens (tertiary/aromatic N) is 2. The van der Waals surface area contributed by atoms with Gasteiger partial charge < -0.3 is 10.1 Å². The van der Waals surface area contributed by atoms with Crippen LogP contribution in [0.15, 0.2) is 23.2 Å². The molecular formula is C13H19N3O3S. The number of aromatic nitrogens is 1. The predicted molar refractivity (Wildman–Crippen MR) is 74.1 cm³/mol. The van der Waals surface area contributed by atoms with Gasteiger partial charge in [0.1, 0.15) is 4.90 Å². The zero-order valence-electron chi connectivity index (χ0n) is 11.4. The molecule has 1 aromatic rings. The van der Waals surface area contributed by atoms with Gasteiger partial charge in [0, 0.05) is 31.2 Å². The van der Waals surface area contributed by atoms with Gasteiger partial charge in [-0.1, -0.05) is 6.42 Å². The normalized spacial score (nSPS) is 27.2. The predicted octanol–water partition coefficient (Wildman–Crippen LogP) is 0.605. The van der Waals surface area contributed by atoms with Crippen molar-refractivity contribution in [3.8, 4) is 5.88 Å². The standard InChI is InChI=1S/C13H19N3O3S/c1-19-13-6-5-12(7-14-13)20(17,18)16-8-10-3-2-4-11(9-16)15-10/h5-7,10-11,15H,2-4,8-9H2,1H3. The van der Waals surface area contributed by atoms with E-state index in [1.165, 1.54) is 19.7 Å². The Morgan fingerprint density at radius 3 is 2.55 bits per heavy atom. The van der Waals surface area contributed by atoms with E-state index in [1.807, 2.05) is 0 Å². The highest BCUT2D eigenvalue weighted by Crippen LogP contribution is 2.25. The van der Waals surface area contributed by atoms with Gasteiger partial charge in [0.2, 0.25) is 15.9 Å². The molecular weight excluding hydrogens is 278 g/mol. The Morgan fingerprint density at radius 1 is 1.30 bits per heavy atom. The van der Waals surface area contributed by atoms with Gasteiger partial charge in [0.05, 0.1) is 13.3 Å². The van der Waals surface area contributed by atoms with Crippen molar-refractivity contribution in [1.82, 2.24) is 14.6 Å². The first-order valence-electron chi connectivity index (χ1n) is 6.86. The minimum atomic E-state index is -3.45. The SMILES string of the molecule is COc1ccc(S(=O)(=O)N2CC3CCCC(C2)N3)cn1. The van der Waals surface area contributed by atoms with Crippen molar-refractivity contribution in [2.24, 2.45) is 0 Å². The van der Waals surface area contributed by atoms with E-state index in [0.717, 1.165) is 12.8 Å². The molecule has 3 rings (SSSR count). The molecule has 2 atom stereocenters. The smallest absolute Gasteiger partial charge is 0.244 e. The Labute approximate surface area is 119 Å². The lowest BCUT2D eigenvalue weighted by atomic mass is 9.96. The molecule has 20 heavy (non-hydrogen) atoms. The molecule has 1 N–H and O–H groups in total. The van der Waals surface area contributed by atoms with Crippen LogP contribution in [-0.4, -0.2) is 50.0 Å². The third-order valence-corrected chi connectivity index (χ3v) is 5.80. The summed E-state index contributed by atoms with van der Waals surface area (Å²) in [4.78, 5) is 4.22. The number of fused-ring (bicyclic) bond motifs is 2. The third-order valence-electron chi connectivity index (χ3n) is 3.98. The summed E-state index contributed by atoms with van der Waals surface area (Å²) < 4.78 is 31.8. The summed E-state index contributed by atoms with van der Waals surface area (Å²) in [6, 6.07) is 3.70. The first-order chi connectivity index (χ1) is 9.59. The second-order valence-corrected chi connectivity index (χ2v) is 7.29. The molecule has 2 unspecified atom stereocenters. The van der Waals surface area contributed by atoms with Crippen LogP contribution >= 0.6 is 0 Å². The van der Waals surface area contributed by atoms with Gasteiger partial charge in [-0.2, -0.15) is 4.31 Å².